The van der Waals surface area contributed by atoms with Crippen LogP contribution in [0.5, 0.6) is 0 Å². The standard InChI is InChI=1S/C24H25FN2O2/c25-21-10-8-20(9-11-21)24(12-14-29-15-13-24)17-27-23(28)26-16-19-6-3-5-18-4-1-2-7-22(18)19/h1-11H,12-17H2,(H2,26,27,28). The maximum absolute atomic E-state index is 13.4. The second-order valence-corrected chi connectivity index (χ2v) is 7.57. The van der Waals surface area contributed by atoms with Crippen molar-refractivity contribution >= 4 is 16.8 Å². The first-order valence-electron chi connectivity index (χ1n) is 9.98. The Kier molecular flexibility index (Phi) is 5.76. The largest absolute Gasteiger partial charge is 0.381 e. The summed E-state index contributed by atoms with van der Waals surface area (Å²) in [4.78, 5) is 12.5. The van der Waals surface area contributed by atoms with Gasteiger partial charge in [0.25, 0.3) is 0 Å². The highest BCUT2D eigenvalue weighted by Gasteiger charge is 2.34. The molecule has 3 aromatic carbocycles. The number of carbonyl (C=O) groups excluding carboxylic acids is 1. The van der Waals surface area contributed by atoms with E-state index < -0.39 is 0 Å². The Labute approximate surface area is 170 Å². The van der Waals surface area contributed by atoms with Gasteiger partial charge in [-0.25, -0.2) is 9.18 Å². The first-order chi connectivity index (χ1) is 14.2. The first-order valence-corrected chi connectivity index (χ1v) is 9.98. The fourth-order valence-electron chi connectivity index (χ4n) is 4.07. The molecule has 2 amide bonds. The van der Waals surface area contributed by atoms with Crippen LogP contribution in [0.25, 0.3) is 10.8 Å². The number of urea groups is 1. The molecule has 1 fully saturated rings. The second-order valence-electron chi connectivity index (χ2n) is 7.57. The lowest BCUT2D eigenvalue weighted by Crippen LogP contribution is -2.47. The molecule has 1 aliphatic heterocycles. The quantitative estimate of drug-likeness (QED) is 0.670. The Morgan fingerprint density at radius 2 is 1.66 bits per heavy atom. The van der Waals surface area contributed by atoms with Crippen molar-refractivity contribution in [2.45, 2.75) is 24.8 Å². The average molecular weight is 392 g/mol. The van der Waals surface area contributed by atoms with Crippen LogP contribution in [0, 0.1) is 5.82 Å². The van der Waals surface area contributed by atoms with Gasteiger partial charge in [0.15, 0.2) is 0 Å². The summed E-state index contributed by atoms with van der Waals surface area (Å²) in [6.45, 7) is 2.22. The molecule has 0 radical (unpaired) electrons. The van der Waals surface area contributed by atoms with E-state index in [1.807, 2.05) is 36.4 Å². The Balaban J connectivity index is 1.41. The molecular formula is C24H25FN2O2. The highest BCUT2D eigenvalue weighted by molar-refractivity contribution is 5.86. The van der Waals surface area contributed by atoms with Crippen molar-refractivity contribution in [3.8, 4) is 0 Å². The van der Waals surface area contributed by atoms with Gasteiger partial charge in [-0.3, -0.25) is 0 Å². The number of benzene rings is 3. The number of rotatable bonds is 5. The van der Waals surface area contributed by atoms with Gasteiger partial charge in [-0.05, 0) is 46.9 Å². The normalized spacial score (nSPS) is 15.8. The van der Waals surface area contributed by atoms with Gasteiger partial charge in [0.1, 0.15) is 5.82 Å². The van der Waals surface area contributed by atoms with Gasteiger partial charge in [0.2, 0.25) is 0 Å². The van der Waals surface area contributed by atoms with Gasteiger partial charge in [-0.2, -0.15) is 0 Å². The molecule has 0 aliphatic carbocycles. The number of fused-ring (bicyclic) bond motifs is 1. The van der Waals surface area contributed by atoms with E-state index in [0.717, 1.165) is 34.7 Å². The van der Waals surface area contributed by atoms with Crippen molar-refractivity contribution in [2.24, 2.45) is 0 Å². The van der Waals surface area contributed by atoms with Crippen LogP contribution in [0.4, 0.5) is 9.18 Å². The third-order valence-electron chi connectivity index (χ3n) is 5.81. The van der Waals surface area contributed by atoms with Gasteiger partial charge >= 0.3 is 6.03 Å². The molecular weight excluding hydrogens is 367 g/mol. The van der Waals surface area contributed by atoms with Crippen molar-refractivity contribution in [3.63, 3.8) is 0 Å². The Morgan fingerprint density at radius 1 is 0.931 bits per heavy atom. The van der Waals surface area contributed by atoms with Gasteiger partial charge in [-0.1, -0.05) is 54.6 Å². The molecule has 0 bridgehead atoms. The molecule has 150 valence electrons. The summed E-state index contributed by atoms with van der Waals surface area (Å²) in [6.07, 6.45) is 1.59. The van der Waals surface area contributed by atoms with Gasteiger partial charge < -0.3 is 15.4 Å². The minimum absolute atomic E-state index is 0.203. The maximum atomic E-state index is 13.4. The number of hydrogen-bond donors (Lipinski definition) is 2. The predicted molar refractivity (Wildman–Crippen MR) is 112 cm³/mol. The van der Waals surface area contributed by atoms with Crippen LogP contribution in [-0.4, -0.2) is 25.8 Å². The van der Waals surface area contributed by atoms with E-state index >= 15 is 0 Å². The molecule has 0 saturated carbocycles. The molecule has 29 heavy (non-hydrogen) atoms. The number of halogens is 1. The third kappa shape index (κ3) is 4.40. The summed E-state index contributed by atoms with van der Waals surface area (Å²) in [5.41, 5.74) is 1.89. The van der Waals surface area contributed by atoms with E-state index in [4.69, 9.17) is 4.74 Å². The first kappa shape index (κ1) is 19.4. The third-order valence-corrected chi connectivity index (χ3v) is 5.81. The monoisotopic (exact) mass is 392 g/mol. The lowest BCUT2D eigenvalue weighted by Gasteiger charge is -2.38. The molecule has 1 heterocycles. The van der Waals surface area contributed by atoms with E-state index in [-0.39, 0.29) is 17.3 Å². The topological polar surface area (TPSA) is 50.4 Å². The predicted octanol–water partition coefficient (Wildman–Crippen LogP) is 4.53. The van der Waals surface area contributed by atoms with Crippen LogP contribution in [-0.2, 0) is 16.7 Å². The van der Waals surface area contributed by atoms with Crippen LogP contribution in [0.2, 0.25) is 0 Å². The van der Waals surface area contributed by atoms with Crippen molar-refractivity contribution in [3.05, 3.63) is 83.7 Å². The summed E-state index contributed by atoms with van der Waals surface area (Å²) in [6, 6.07) is 20.6. The maximum Gasteiger partial charge on any atom is 0.315 e. The van der Waals surface area contributed by atoms with E-state index in [1.54, 1.807) is 0 Å². The lowest BCUT2D eigenvalue weighted by molar-refractivity contribution is 0.0506. The van der Waals surface area contributed by atoms with Crippen LogP contribution in [0.15, 0.2) is 66.7 Å². The summed E-state index contributed by atoms with van der Waals surface area (Å²) >= 11 is 0. The Bertz CT molecular complexity index is 976. The highest BCUT2D eigenvalue weighted by atomic mass is 19.1. The van der Waals surface area contributed by atoms with Crippen molar-refractivity contribution in [2.75, 3.05) is 19.8 Å². The summed E-state index contributed by atoms with van der Waals surface area (Å²) < 4.78 is 18.9. The summed E-state index contributed by atoms with van der Waals surface area (Å²) in [7, 11) is 0. The number of carbonyl (C=O) groups is 1. The Hall–Kier alpha value is -2.92. The van der Waals surface area contributed by atoms with Crippen LogP contribution in [0.3, 0.4) is 0 Å². The number of nitrogens with one attached hydrogen (secondary N) is 2. The molecule has 1 saturated heterocycles. The van der Waals surface area contributed by atoms with Gasteiger partial charge in [0, 0.05) is 31.7 Å². The number of amides is 2. The molecule has 5 heteroatoms. The molecule has 3 aromatic rings. The van der Waals surface area contributed by atoms with E-state index in [9.17, 15) is 9.18 Å². The fraction of sp³-hybridized carbons (Fsp3) is 0.292. The highest BCUT2D eigenvalue weighted by Crippen LogP contribution is 2.34. The smallest absolute Gasteiger partial charge is 0.315 e. The van der Waals surface area contributed by atoms with Crippen LogP contribution in [0.1, 0.15) is 24.0 Å². The van der Waals surface area contributed by atoms with E-state index in [1.165, 1.54) is 12.1 Å². The van der Waals surface area contributed by atoms with Crippen molar-refractivity contribution in [1.82, 2.24) is 10.6 Å². The minimum atomic E-state index is -0.253. The fourth-order valence-corrected chi connectivity index (χ4v) is 4.07. The Morgan fingerprint density at radius 3 is 2.45 bits per heavy atom. The van der Waals surface area contributed by atoms with E-state index in [0.29, 0.717) is 26.3 Å². The van der Waals surface area contributed by atoms with Crippen LogP contribution < -0.4 is 10.6 Å². The molecule has 0 atom stereocenters. The summed E-state index contributed by atoms with van der Waals surface area (Å²) in [5, 5.41) is 8.29. The zero-order valence-electron chi connectivity index (χ0n) is 16.3. The summed E-state index contributed by atoms with van der Waals surface area (Å²) in [5.74, 6) is -0.253. The second kappa shape index (κ2) is 8.62. The molecule has 4 nitrogen and oxygen atoms in total. The molecule has 0 spiro atoms. The lowest BCUT2D eigenvalue weighted by atomic mass is 9.74. The molecule has 1 aliphatic rings. The molecule has 0 unspecified atom stereocenters. The van der Waals surface area contributed by atoms with Gasteiger partial charge in [-0.15, -0.1) is 0 Å². The number of hydrogen-bond acceptors (Lipinski definition) is 2. The molecule has 4 rings (SSSR count). The van der Waals surface area contributed by atoms with E-state index in [2.05, 4.69) is 28.8 Å². The zero-order chi connectivity index (χ0) is 20.1. The molecule has 2 N–H and O–H groups in total. The number of ether oxygens (including phenoxy) is 1. The zero-order valence-corrected chi connectivity index (χ0v) is 16.3. The van der Waals surface area contributed by atoms with Crippen molar-refractivity contribution in [1.29, 1.82) is 0 Å². The molecule has 0 aromatic heterocycles. The minimum Gasteiger partial charge on any atom is -0.381 e. The van der Waals surface area contributed by atoms with Crippen molar-refractivity contribution < 1.29 is 13.9 Å². The SMILES string of the molecule is O=C(NCc1cccc2ccccc12)NCC1(c2ccc(F)cc2)CCOCC1. The average Bonchev–Trinajstić information content (AvgIpc) is 2.77. The van der Waals surface area contributed by atoms with Gasteiger partial charge in [0.05, 0.1) is 0 Å². The van der Waals surface area contributed by atoms with Crippen LogP contribution >= 0.6 is 0 Å².